The maximum atomic E-state index is 12.2. The van der Waals surface area contributed by atoms with E-state index in [0.29, 0.717) is 17.1 Å². The van der Waals surface area contributed by atoms with Crippen LogP contribution in [0.2, 0.25) is 0 Å². The summed E-state index contributed by atoms with van der Waals surface area (Å²) in [6.07, 6.45) is -0.718. The van der Waals surface area contributed by atoms with E-state index in [4.69, 9.17) is 9.47 Å². The molecule has 1 aromatic carbocycles. The second-order valence-corrected chi connectivity index (χ2v) is 5.13. The number of rotatable bonds is 6. The smallest absolute Gasteiger partial charge is 0.255 e. The molecule has 0 aliphatic rings. The number of nitrogens with one attached hydrogen (secondary N) is 1. The topological polar surface area (TPSA) is 67.8 Å². The van der Waals surface area contributed by atoms with Gasteiger partial charge in [0.1, 0.15) is 11.5 Å². The summed E-state index contributed by atoms with van der Waals surface area (Å²) in [5, 5.41) is 16.4. The summed E-state index contributed by atoms with van der Waals surface area (Å²) in [5.41, 5.74) is 1.19. The number of aliphatic hydroxyl groups is 1. The molecule has 1 amide bonds. The lowest BCUT2D eigenvalue weighted by atomic mass is 10.1. The zero-order valence-electron chi connectivity index (χ0n) is 11.8. The summed E-state index contributed by atoms with van der Waals surface area (Å²) >= 11 is 1.50. The maximum absolute atomic E-state index is 12.2. The number of benzene rings is 1. The summed E-state index contributed by atoms with van der Waals surface area (Å²) in [7, 11) is 3.04. The van der Waals surface area contributed by atoms with E-state index in [9.17, 15) is 9.90 Å². The first kappa shape index (κ1) is 15.3. The quantitative estimate of drug-likeness (QED) is 0.859. The van der Waals surface area contributed by atoms with Gasteiger partial charge in [-0.3, -0.25) is 4.79 Å². The second-order valence-electron chi connectivity index (χ2n) is 4.35. The highest BCUT2D eigenvalue weighted by molar-refractivity contribution is 7.07. The van der Waals surface area contributed by atoms with Crippen molar-refractivity contribution in [2.75, 3.05) is 20.8 Å². The first-order valence-corrected chi connectivity index (χ1v) is 7.30. The van der Waals surface area contributed by atoms with Crippen LogP contribution in [0.25, 0.3) is 0 Å². The van der Waals surface area contributed by atoms with Gasteiger partial charge in [0.15, 0.2) is 0 Å². The molecule has 21 heavy (non-hydrogen) atoms. The predicted octanol–water partition coefficient (Wildman–Crippen LogP) is 2.23. The molecule has 0 saturated heterocycles. The fraction of sp³-hybridized carbons (Fsp3) is 0.267. The Morgan fingerprint density at radius 1 is 1.33 bits per heavy atom. The minimum atomic E-state index is -0.718. The molecule has 1 aromatic heterocycles. The highest BCUT2D eigenvalue weighted by atomic mass is 32.1. The van der Waals surface area contributed by atoms with Crippen molar-refractivity contribution in [3.63, 3.8) is 0 Å². The first-order valence-electron chi connectivity index (χ1n) is 6.36. The molecule has 1 heterocycles. The van der Waals surface area contributed by atoms with Crippen molar-refractivity contribution in [1.29, 1.82) is 0 Å². The Morgan fingerprint density at radius 3 is 2.76 bits per heavy atom. The largest absolute Gasteiger partial charge is 0.497 e. The molecule has 0 fully saturated rings. The molecular formula is C15H17NO4S. The molecule has 112 valence electrons. The van der Waals surface area contributed by atoms with Crippen molar-refractivity contribution in [2.45, 2.75) is 6.10 Å². The molecule has 0 saturated carbocycles. The van der Waals surface area contributed by atoms with E-state index in [-0.39, 0.29) is 12.5 Å². The minimum Gasteiger partial charge on any atom is -0.497 e. The van der Waals surface area contributed by atoms with Crippen LogP contribution in [0.4, 0.5) is 0 Å². The first-order chi connectivity index (χ1) is 10.2. The number of amides is 1. The monoisotopic (exact) mass is 307 g/mol. The molecule has 0 spiro atoms. The van der Waals surface area contributed by atoms with Gasteiger partial charge in [0.25, 0.3) is 5.91 Å². The number of hydrogen-bond donors (Lipinski definition) is 2. The third-order valence-electron chi connectivity index (χ3n) is 3.04. The zero-order valence-corrected chi connectivity index (χ0v) is 12.6. The van der Waals surface area contributed by atoms with E-state index in [0.717, 1.165) is 5.56 Å². The predicted molar refractivity (Wildman–Crippen MR) is 81.2 cm³/mol. The number of carbonyl (C=O) groups excluding carboxylic acids is 1. The van der Waals surface area contributed by atoms with Crippen molar-refractivity contribution >= 4 is 17.2 Å². The van der Waals surface area contributed by atoms with Crippen molar-refractivity contribution in [2.24, 2.45) is 0 Å². The van der Waals surface area contributed by atoms with Gasteiger partial charge in [-0.25, -0.2) is 0 Å². The van der Waals surface area contributed by atoms with Gasteiger partial charge >= 0.3 is 0 Å². The molecule has 0 aliphatic heterocycles. The Bertz CT molecular complexity index is 598. The van der Waals surface area contributed by atoms with Crippen LogP contribution < -0.4 is 14.8 Å². The summed E-state index contributed by atoms with van der Waals surface area (Å²) < 4.78 is 10.3. The molecule has 6 heteroatoms. The van der Waals surface area contributed by atoms with E-state index in [1.165, 1.54) is 18.4 Å². The fourth-order valence-corrected chi connectivity index (χ4v) is 2.56. The van der Waals surface area contributed by atoms with Gasteiger partial charge < -0.3 is 19.9 Å². The molecule has 0 aliphatic carbocycles. The average molecular weight is 307 g/mol. The third kappa shape index (κ3) is 3.74. The number of carbonyl (C=O) groups is 1. The lowest BCUT2D eigenvalue weighted by molar-refractivity contribution is 0.0913. The van der Waals surface area contributed by atoms with Crippen LogP contribution in [0.3, 0.4) is 0 Å². The highest BCUT2D eigenvalue weighted by Gasteiger charge is 2.15. The van der Waals surface area contributed by atoms with Gasteiger partial charge in [0.05, 0.1) is 25.9 Å². The van der Waals surface area contributed by atoms with Gasteiger partial charge in [0, 0.05) is 12.6 Å². The van der Waals surface area contributed by atoms with Crippen LogP contribution in [0.5, 0.6) is 11.5 Å². The Morgan fingerprint density at radius 2 is 2.14 bits per heavy atom. The van der Waals surface area contributed by atoms with E-state index in [1.54, 1.807) is 25.3 Å². The van der Waals surface area contributed by atoms with Crippen molar-refractivity contribution in [3.05, 3.63) is 46.2 Å². The molecular weight excluding hydrogens is 290 g/mol. The summed E-state index contributed by atoms with van der Waals surface area (Å²) in [4.78, 5) is 12.2. The van der Waals surface area contributed by atoms with Gasteiger partial charge in [0.2, 0.25) is 0 Å². The Labute approximate surface area is 127 Å². The third-order valence-corrected chi connectivity index (χ3v) is 3.74. The van der Waals surface area contributed by atoms with Crippen LogP contribution in [0.15, 0.2) is 35.0 Å². The number of ether oxygens (including phenoxy) is 2. The van der Waals surface area contributed by atoms with Crippen LogP contribution in [-0.2, 0) is 0 Å². The molecule has 1 unspecified atom stereocenters. The van der Waals surface area contributed by atoms with E-state index in [2.05, 4.69) is 5.32 Å². The molecule has 2 aromatic rings. The molecule has 0 radical (unpaired) electrons. The highest BCUT2D eigenvalue weighted by Crippen LogP contribution is 2.24. The average Bonchev–Trinajstić information content (AvgIpc) is 3.06. The van der Waals surface area contributed by atoms with Crippen LogP contribution >= 0.6 is 11.3 Å². The number of methoxy groups -OCH3 is 2. The van der Waals surface area contributed by atoms with Crippen LogP contribution in [-0.4, -0.2) is 31.8 Å². The van der Waals surface area contributed by atoms with Gasteiger partial charge in [-0.15, -0.1) is 0 Å². The van der Waals surface area contributed by atoms with Gasteiger partial charge in [-0.2, -0.15) is 11.3 Å². The van der Waals surface area contributed by atoms with Crippen molar-refractivity contribution in [1.82, 2.24) is 5.32 Å². The normalized spacial score (nSPS) is 11.8. The number of hydrogen-bond acceptors (Lipinski definition) is 5. The fourth-order valence-electron chi connectivity index (χ4n) is 1.85. The zero-order chi connectivity index (χ0) is 15.2. The Balaban J connectivity index is 2.03. The van der Waals surface area contributed by atoms with Crippen LogP contribution in [0.1, 0.15) is 22.0 Å². The van der Waals surface area contributed by atoms with E-state index < -0.39 is 6.10 Å². The Kier molecular flexibility index (Phi) is 5.19. The number of thiophene rings is 1. The molecule has 1 atom stereocenters. The summed E-state index contributed by atoms with van der Waals surface area (Å²) in [6.45, 7) is 0.144. The molecule has 2 N–H and O–H groups in total. The van der Waals surface area contributed by atoms with E-state index >= 15 is 0 Å². The number of aliphatic hydroxyl groups excluding tert-OH is 1. The standard InChI is InChI=1S/C15H17NO4S/c1-19-11-3-4-12(14(7-11)20-2)15(18)16-8-13(17)10-5-6-21-9-10/h3-7,9,13,17H,8H2,1-2H3,(H,16,18). The summed E-state index contributed by atoms with van der Waals surface area (Å²) in [6, 6.07) is 6.79. The molecule has 0 bridgehead atoms. The molecule has 2 rings (SSSR count). The van der Waals surface area contributed by atoms with Gasteiger partial charge in [-0.1, -0.05) is 0 Å². The molecule has 5 nitrogen and oxygen atoms in total. The minimum absolute atomic E-state index is 0.144. The lowest BCUT2D eigenvalue weighted by Crippen LogP contribution is -2.28. The Hall–Kier alpha value is -2.05. The SMILES string of the molecule is COc1ccc(C(=O)NCC(O)c2ccsc2)c(OC)c1. The maximum Gasteiger partial charge on any atom is 0.255 e. The van der Waals surface area contributed by atoms with Crippen LogP contribution in [0, 0.1) is 0 Å². The van der Waals surface area contributed by atoms with Crippen molar-refractivity contribution in [3.8, 4) is 11.5 Å². The van der Waals surface area contributed by atoms with E-state index in [1.807, 2.05) is 16.8 Å². The lowest BCUT2D eigenvalue weighted by Gasteiger charge is -2.13. The van der Waals surface area contributed by atoms with Gasteiger partial charge in [-0.05, 0) is 34.5 Å². The summed E-state index contributed by atoms with van der Waals surface area (Å²) in [5.74, 6) is 0.738. The second kappa shape index (κ2) is 7.10. The van der Waals surface area contributed by atoms with Crippen molar-refractivity contribution < 1.29 is 19.4 Å².